The highest BCUT2D eigenvalue weighted by Gasteiger charge is 2.32. The quantitative estimate of drug-likeness (QED) is 0.575. The zero-order valence-corrected chi connectivity index (χ0v) is 20.7. The Labute approximate surface area is 205 Å². The number of carbonyl (C=O) groups is 2. The first-order valence-corrected chi connectivity index (χ1v) is 13.6. The van der Waals surface area contributed by atoms with E-state index in [1.54, 1.807) is 0 Å². The molecule has 2 amide bonds. The van der Waals surface area contributed by atoms with Gasteiger partial charge < -0.3 is 9.80 Å². The van der Waals surface area contributed by atoms with Gasteiger partial charge in [0.15, 0.2) is 11.6 Å². The zero-order chi connectivity index (χ0) is 24.6. The molecule has 0 bridgehead atoms. The van der Waals surface area contributed by atoms with Crippen LogP contribution < -0.4 is 14.7 Å². The first-order chi connectivity index (χ1) is 16.8. The van der Waals surface area contributed by atoms with Gasteiger partial charge in [-0.25, -0.2) is 8.42 Å². The second kappa shape index (κ2) is 9.54. The van der Waals surface area contributed by atoms with Crippen LogP contribution in [0.3, 0.4) is 0 Å². The number of piperazine rings is 1. The highest BCUT2D eigenvalue weighted by molar-refractivity contribution is 7.89. The topological polar surface area (TPSA) is 107 Å². The average Bonchev–Trinajstić information content (AvgIpc) is 3.22. The molecule has 0 unspecified atom stereocenters. The predicted molar refractivity (Wildman–Crippen MR) is 132 cm³/mol. The monoisotopic (exact) mass is 498 g/mol. The number of nitrogens with zero attached hydrogens (tertiary/aromatic N) is 6. The fraction of sp³-hybridized carbons (Fsp3) is 0.500. The van der Waals surface area contributed by atoms with E-state index in [0.29, 0.717) is 31.9 Å². The summed E-state index contributed by atoms with van der Waals surface area (Å²) in [6, 6.07) is 9.92. The summed E-state index contributed by atoms with van der Waals surface area (Å²) < 4.78 is 27.8. The summed E-state index contributed by atoms with van der Waals surface area (Å²) in [6.45, 7) is 5.97. The maximum Gasteiger partial charge on any atom is 0.243 e. The number of aromatic nitrogens is 2. The van der Waals surface area contributed by atoms with E-state index in [-0.39, 0.29) is 29.6 Å². The number of piperidine rings is 1. The van der Waals surface area contributed by atoms with Crippen LogP contribution in [0.4, 0.5) is 17.3 Å². The van der Waals surface area contributed by atoms with Gasteiger partial charge in [-0.2, -0.15) is 4.31 Å². The summed E-state index contributed by atoms with van der Waals surface area (Å²) in [5.74, 6) is 1.87. The van der Waals surface area contributed by atoms with Crippen molar-refractivity contribution in [1.82, 2.24) is 14.5 Å². The van der Waals surface area contributed by atoms with Gasteiger partial charge in [-0.05, 0) is 55.2 Å². The molecule has 0 radical (unpaired) electrons. The Morgan fingerprint density at radius 2 is 1.26 bits per heavy atom. The van der Waals surface area contributed by atoms with Gasteiger partial charge in [-0.15, -0.1) is 10.2 Å². The molecule has 4 heterocycles. The summed E-state index contributed by atoms with van der Waals surface area (Å²) >= 11 is 0. The number of hydrogen-bond donors (Lipinski definition) is 0. The highest BCUT2D eigenvalue weighted by atomic mass is 32.2. The standard InChI is InChI=1S/C24H30N6O4S/c1-18-10-12-27(13-11-18)21-6-7-22(26-25-21)28-14-16-29(17-15-28)35(33,34)20-4-2-19(3-5-20)30-23(31)8-9-24(30)32/h2-7,18H,8-17H2,1H3. The number of amides is 2. The van der Waals surface area contributed by atoms with Crippen molar-refractivity contribution in [2.24, 2.45) is 5.92 Å². The molecular weight excluding hydrogens is 468 g/mol. The lowest BCUT2D eigenvalue weighted by atomic mass is 9.99. The third kappa shape index (κ3) is 4.74. The maximum atomic E-state index is 13.2. The highest BCUT2D eigenvalue weighted by Crippen LogP contribution is 2.27. The Morgan fingerprint density at radius 3 is 1.77 bits per heavy atom. The summed E-state index contributed by atoms with van der Waals surface area (Å²) in [5.41, 5.74) is 0.405. The first-order valence-electron chi connectivity index (χ1n) is 12.1. The maximum absolute atomic E-state index is 13.2. The van der Waals surface area contributed by atoms with Gasteiger partial charge in [0.25, 0.3) is 0 Å². The van der Waals surface area contributed by atoms with Crippen molar-refractivity contribution in [2.75, 3.05) is 54.0 Å². The fourth-order valence-corrected chi connectivity index (χ4v) is 6.25. The summed E-state index contributed by atoms with van der Waals surface area (Å²) in [5, 5.41) is 8.83. The molecule has 2 aromatic rings. The Kier molecular flexibility index (Phi) is 6.45. The molecule has 186 valence electrons. The first kappa shape index (κ1) is 23.7. The zero-order valence-electron chi connectivity index (χ0n) is 19.8. The number of carbonyl (C=O) groups excluding carboxylic acids is 2. The minimum atomic E-state index is -3.69. The lowest BCUT2D eigenvalue weighted by Crippen LogP contribution is -2.49. The van der Waals surface area contributed by atoms with Crippen molar-refractivity contribution in [1.29, 1.82) is 0 Å². The minimum absolute atomic E-state index is 0.147. The Hall–Kier alpha value is -3.05. The van der Waals surface area contributed by atoms with Gasteiger partial charge in [0.05, 0.1) is 10.6 Å². The average molecular weight is 499 g/mol. The molecule has 11 heteroatoms. The van der Waals surface area contributed by atoms with Gasteiger partial charge in [-0.1, -0.05) is 6.92 Å². The van der Waals surface area contributed by atoms with Crippen LogP contribution in [0.15, 0.2) is 41.3 Å². The van der Waals surface area contributed by atoms with Crippen LogP contribution in [-0.2, 0) is 19.6 Å². The van der Waals surface area contributed by atoms with Gasteiger partial charge in [-0.3, -0.25) is 14.5 Å². The van der Waals surface area contributed by atoms with Gasteiger partial charge in [0, 0.05) is 52.1 Å². The van der Waals surface area contributed by atoms with Crippen molar-refractivity contribution in [2.45, 2.75) is 37.5 Å². The molecule has 1 aromatic carbocycles. The van der Waals surface area contributed by atoms with Crippen molar-refractivity contribution >= 4 is 39.2 Å². The smallest absolute Gasteiger partial charge is 0.243 e. The van der Waals surface area contributed by atoms with E-state index in [0.717, 1.165) is 48.4 Å². The van der Waals surface area contributed by atoms with Crippen LogP contribution in [0.2, 0.25) is 0 Å². The van der Waals surface area contributed by atoms with Crippen LogP contribution in [0.5, 0.6) is 0 Å². The lowest BCUT2D eigenvalue weighted by Gasteiger charge is -2.35. The summed E-state index contributed by atoms with van der Waals surface area (Å²) in [7, 11) is -3.69. The van der Waals surface area contributed by atoms with E-state index in [9.17, 15) is 18.0 Å². The molecule has 0 atom stereocenters. The Morgan fingerprint density at radius 1 is 0.743 bits per heavy atom. The Balaban J connectivity index is 1.20. The van der Waals surface area contributed by atoms with Crippen LogP contribution in [-0.4, -0.2) is 74.0 Å². The molecule has 1 aromatic heterocycles. The summed E-state index contributed by atoms with van der Waals surface area (Å²) in [4.78, 5) is 29.5. The minimum Gasteiger partial charge on any atom is -0.355 e. The molecule has 3 aliphatic rings. The second-order valence-corrected chi connectivity index (χ2v) is 11.4. The molecule has 3 aliphatic heterocycles. The molecule has 35 heavy (non-hydrogen) atoms. The fourth-order valence-electron chi connectivity index (χ4n) is 4.83. The van der Waals surface area contributed by atoms with E-state index in [2.05, 4.69) is 26.9 Å². The molecule has 0 spiro atoms. The van der Waals surface area contributed by atoms with Crippen molar-refractivity contribution < 1.29 is 18.0 Å². The summed E-state index contributed by atoms with van der Waals surface area (Å²) in [6.07, 6.45) is 2.70. The third-order valence-corrected chi connectivity index (χ3v) is 9.00. The number of sulfonamides is 1. The molecule has 3 fully saturated rings. The van der Waals surface area contributed by atoms with Crippen LogP contribution in [0.25, 0.3) is 0 Å². The van der Waals surface area contributed by atoms with Crippen LogP contribution in [0.1, 0.15) is 32.6 Å². The van der Waals surface area contributed by atoms with E-state index in [1.807, 2.05) is 12.1 Å². The normalized spacial score (nSPS) is 20.7. The van der Waals surface area contributed by atoms with Crippen molar-refractivity contribution in [3.63, 3.8) is 0 Å². The molecule has 0 saturated carbocycles. The molecule has 5 rings (SSSR count). The van der Waals surface area contributed by atoms with Crippen molar-refractivity contribution in [3.8, 4) is 0 Å². The van der Waals surface area contributed by atoms with Crippen molar-refractivity contribution in [3.05, 3.63) is 36.4 Å². The second-order valence-electron chi connectivity index (χ2n) is 9.43. The number of anilines is 3. The predicted octanol–water partition coefficient (Wildman–Crippen LogP) is 1.88. The molecule has 3 saturated heterocycles. The van der Waals surface area contributed by atoms with Crippen LogP contribution >= 0.6 is 0 Å². The van der Waals surface area contributed by atoms with Gasteiger partial charge >= 0.3 is 0 Å². The van der Waals surface area contributed by atoms with E-state index < -0.39 is 10.0 Å². The van der Waals surface area contributed by atoms with E-state index >= 15 is 0 Å². The SMILES string of the molecule is CC1CCN(c2ccc(N3CCN(S(=O)(=O)c4ccc(N5C(=O)CCC5=O)cc4)CC3)nn2)CC1. The lowest BCUT2D eigenvalue weighted by molar-refractivity contribution is -0.121. The number of benzene rings is 1. The largest absolute Gasteiger partial charge is 0.355 e. The third-order valence-electron chi connectivity index (χ3n) is 7.09. The van der Waals surface area contributed by atoms with Crippen LogP contribution in [0, 0.1) is 5.92 Å². The molecular formula is C24H30N6O4S. The molecule has 0 aliphatic carbocycles. The number of rotatable bonds is 5. The van der Waals surface area contributed by atoms with Gasteiger partial charge in [0.1, 0.15) is 0 Å². The molecule has 10 nitrogen and oxygen atoms in total. The van der Waals surface area contributed by atoms with E-state index in [4.69, 9.17) is 0 Å². The number of hydrogen-bond acceptors (Lipinski definition) is 8. The Bertz CT molecular complexity index is 1170. The molecule has 0 N–H and O–H groups in total. The van der Waals surface area contributed by atoms with Gasteiger partial charge in [0.2, 0.25) is 21.8 Å². The number of imide groups is 1. The van der Waals surface area contributed by atoms with E-state index in [1.165, 1.54) is 28.6 Å².